The number of hydrogen-bond donors (Lipinski definition) is 2. The predicted molar refractivity (Wildman–Crippen MR) is 105 cm³/mol. The molecule has 0 radical (unpaired) electrons. The number of benzene rings is 2. The molecule has 2 aromatic carbocycles. The molecule has 3 heterocycles. The van der Waals surface area contributed by atoms with Crippen molar-refractivity contribution < 1.29 is 9.21 Å². The highest BCUT2D eigenvalue weighted by molar-refractivity contribution is 5.92. The van der Waals surface area contributed by atoms with E-state index in [9.17, 15) is 4.79 Å². The molecule has 0 bridgehead atoms. The van der Waals surface area contributed by atoms with Crippen LogP contribution < -0.4 is 10.6 Å². The minimum Gasteiger partial charge on any atom is -0.436 e. The Kier molecular flexibility index (Phi) is 3.86. The maximum Gasteiger partial charge on any atom is 0.322 e. The first-order valence-corrected chi connectivity index (χ1v) is 9.44. The van der Waals surface area contributed by atoms with Crippen molar-refractivity contribution in [2.75, 3.05) is 25.0 Å². The molecule has 1 aromatic heterocycles. The Morgan fingerprint density at radius 2 is 2.15 bits per heavy atom. The Balaban J connectivity index is 1.38. The van der Waals surface area contributed by atoms with E-state index in [-0.39, 0.29) is 6.03 Å². The number of nitrogens with one attached hydrogen (secondary N) is 2. The highest BCUT2D eigenvalue weighted by Crippen LogP contribution is 2.30. The molecule has 6 heteroatoms. The van der Waals surface area contributed by atoms with Gasteiger partial charge in [0.15, 0.2) is 5.58 Å². The van der Waals surface area contributed by atoms with Crippen LogP contribution >= 0.6 is 0 Å². The standard InChI is InChI=1S/C21H22N4O2/c1-13-4-2-3-5-16(13)20-24-17-7-6-15(10-19(17)27-20)23-21(26)25-9-8-14-11-22-12-18(14)25/h2-7,10,14,18,22H,8-9,11-12H2,1H3,(H,23,26)/t14-,18+/m1/s1. The summed E-state index contributed by atoms with van der Waals surface area (Å²) in [4.78, 5) is 19.2. The summed E-state index contributed by atoms with van der Waals surface area (Å²) in [5, 5.41) is 6.40. The summed E-state index contributed by atoms with van der Waals surface area (Å²) < 4.78 is 5.97. The number of aromatic nitrogens is 1. The molecular formula is C21H22N4O2. The van der Waals surface area contributed by atoms with Crippen LogP contribution in [-0.2, 0) is 0 Å². The second kappa shape index (κ2) is 6.39. The smallest absolute Gasteiger partial charge is 0.322 e. The van der Waals surface area contributed by atoms with E-state index in [0.29, 0.717) is 23.4 Å². The molecule has 2 aliphatic rings. The first kappa shape index (κ1) is 16.3. The van der Waals surface area contributed by atoms with Gasteiger partial charge < -0.3 is 20.0 Å². The maximum absolute atomic E-state index is 12.7. The number of carbonyl (C=O) groups excluding carboxylic acids is 1. The van der Waals surface area contributed by atoms with E-state index < -0.39 is 0 Å². The first-order valence-electron chi connectivity index (χ1n) is 9.44. The Morgan fingerprint density at radius 3 is 3.04 bits per heavy atom. The Labute approximate surface area is 157 Å². The predicted octanol–water partition coefficient (Wildman–Crippen LogP) is 3.63. The van der Waals surface area contributed by atoms with Crippen LogP contribution in [0.1, 0.15) is 12.0 Å². The lowest BCUT2D eigenvalue weighted by molar-refractivity contribution is 0.206. The SMILES string of the molecule is Cc1ccccc1-c1nc2ccc(NC(=O)N3CC[C@@H]4CNC[C@@H]43)cc2o1. The quantitative estimate of drug-likeness (QED) is 0.730. The van der Waals surface area contributed by atoms with Crippen LogP contribution in [0.5, 0.6) is 0 Å². The molecule has 2 saturated heterocycles. The van der Waals surface area contributed by atoms with Gasteiger partial charge >= 0.3 is 6.03 Å². The minimum absolute atomic E-state index is 0.0378. The fourth-order valence-corrected chi connectivity index (χ4v) is 4.23. The van der Waals surface area contributed by atoms with Crippen molar-refractivity contribution in [2.24, 2.45) is 5.92 Å². The zero-order valence-corrected chi connectivity index (χ0v) is 15.2. The molecule has 0 saturated carbocycles. The van der Waals surface area contributed by atoms with E-state index in [0.717, 1.165) is 48.4 Å². The number of aryl methyl sites for hydroxylation is 1. The second-order valence-corrected chi connectivity index (χ2v) is 7.41. The van der Waals surface area contributed by atoms with E-state index in [2.05, 4.69) is 15.6 Å². The van der Waals surface area contributed by atoms with Gasteiger partial charge in [0.05, 0.1) is 0 Å². The van der Waals surface area contributed by atoms with Crippen LogP contribution in [0.2, 0.25) is 0 Å². The van der Waals surface area contributed by atoms with Crippen molar-refractivity contribution in [3.8, 4) is 11.5 Å². The summed E-state index contributed by atoms with van der Waals surface area (Å²) in [6, 6.07) is 13.9. The van der Waals surface area contributed by atoms with Crippen LogP contribution in [-0.4, -0.2) is 41.6 Å². The fraction of sp³-hybridized carbons (Fsp3) is 0.333. The van der Waals surface area contributed by atoms with Crippen molar-refractivity contribution in [1.82, 2.24) is 15.2 Å². The molecule has 0 spiro atoms. The van der Waals surface area contributed by atoms with E-state index in [4.69, 9.17) is 4.42 Å². The third-order valence-electron chi connectivity index (χ3n) is 5.72. The van der Waals surface area contributed by atoms with Crippen molar-refractivity contribution in [3.63, 3.8) is 0 Å². The zero-order chi connectivity index (χ0) is 18.4. The summed E-state index contributed by atoms with van der Waals surface area (Å²) in [7, 11) is 0. The molecule has 2 atom stereocenters. The molecule has 0 aliphatic carbocycles. The maximum atomic E-state index is 12.7. The number of anilines is 1. The summed E-state index contributed by atoms with van der Waals surface area (Å²) in [5.74, 6) is 1.19. The van der Waals surface area contributed by atoms with Gasteiger partial charge in [-0.3, -0.25) is 0 Å². The van der Waals surface area contributed by atoms with Crippen LogP contribution in [0.3, 0.4) is 0 Å². The Hall–Kier alpha value is -2.86. The number of urea groups is 1. The van der Waals surface area contributed by atoms with Gasteiger partial charge in [-0.15, -0.1) is 0 Å². The molecule has 2 amide bonds. The lowest BCUT2D eigenvalue weighted by Gasteiger charge is -2.23. The van der Waals surface area contributed by atoms with Gasteiger partial charge in [-0.05, 0) is 43.0 Å². The average molecular weight is 362 g/mol. The monoisotopic (exact) mass is 362 g/mol. The topological polar surface area (TPSA) is 70.4 Å². The molecule has 2 fully saturated rings. The van der Waals surface area contributed by atoms with E-state index in [1.54, 1.807) is 0 Å². The Morgan fingerprint density at radius 1 is 1.26 bits per heavy atom. The lowest BCUT2D eigenvalue weighted by atomic mass is 10.1. The number of likely N-dealkylation sites (tertiary alicyclic amines) is 1. The van der Waals surface area contributed by atoms with Crippen LogP contribution in [0.15, 0.2) is 46.9 Å². The van der Waals surface area contributed by atoms with Gasteiger partial charge in [0, 0.05) is 43.0 Å². The number of carbonyl (C=O) groups is 1. The van der Waals surface area contributed by atoms with Gasteiger partial charge in [0.2, 0.25) is 5.89 Å². The number of amides is 2. The zero-order valence-electron chi connectivity index (χ0n) is 15.2. The summed E-state index contributed by atoms with van der Waals surface area (Å²) in [5.41, 5.74) is 4.29. The number of fused-ring (bicyclic) bond motifs is 2. The number of nitrogens with zero attached hydrogens (tertiary/aromatic N) is 2. The third kappa shape index (κ3) is 2.86. The summed E-state index contributed by atoms with van der Waals surface area (Å²) in [6.45, 7) is 4.76. The normalized spacial score (nSPS) is 21.6. The number of hydrogen-bond acceptors (Lipinski definition) is 4. The van der Waals surface area contributed by atoms with Crippen LogP contribution in [0.25, 0.3) is 22.6 Å². The number of rotatable bonds is 2. The molecule has 2 N–H and O–H groups in total. The first-order chi connectivity index (χ1) is 13.2. The van der Waals surface area contributed by atoms with E-state index in [1.165, 1.54) is 0 Å². The van der Waals surface area contributed by atoms with Crippen molar-refractivity contribution in [1.29, 1.82) is 0 Å². The molecule has 6 nitrogen and oxygen atoms in total. The molecule has 138 valence electrons. The highest BCUT2D eigenvalue weighted by atomic mass is 16.3. The van der Waals surface area contributed by atoms with Gasteiger partial charge in [-0.2, -0.15) is 0 Å². The molecular weight excluding hydrogens is 340 g/mol. The Bertz CT molecular complexity index is 1010. The number of oxazole rings is 1. The molecule has 3 aromatic rings. The fourth-order valence-electron chi connectivity index (χ4n) is 4.23. The van der Waals surface area contributed by atoms with E-state index >= 15 is 0 Å². The third-order valence-corrected chi connectivity index (χ3v) is 5.72. The summed E-state index contributed by atoms with van der Waals surface area (Å²) in [6.07, 6.45) is 1.08. The molecule has 2 aliphatic heterocycles. The van der Waals surface area contributed by atoms with Crippen molar-refractivity contribution >= 4 is 22.8 Å². The highest BCUT2D eigenvalue weighted by Gasteiger charge is 2.39. The van der Waals surface area contributed by atoms with Crippen LogP contribution in [0, 0.1) is 12.8 Å². The lowest BCUT2D eigenvalue weighted by Crippen LogP contribution is -2.41. The molecule has 5 rings (SSSR count). The van der Waals surface area contributed by atoms with Crippen molar-refractivity contribution in [3.05, 3.63) is 48.0 Å². The van der Waals surface area contributed by atoms with Crippen LogP contribution in [0.4, 0.5) is 10.5 Å². The van der Waals surface area contributed by atoms with Gasteiger partial charge in [-0.25, -0.2) is 9.78 Å². The second-order valence-electron chi connectivity index (χ2n) is 7.41. The molecule has 0 unspecified atom stereocenters. The summed E-state index contributed by atoms with van der Waals surface area (Å²) >= 11 is 0. The average Bonchev–Trinajstić information content (AvgIpc) is 3.36. The van der Waals surface area contributed by atoms with E-state index in [1.807, 2.05) is 54.3 Å². The largest absolute Gasteiger partial charge is 0.436 e. The van der Waals surface area contributed by atoms with Gasteiger partial charge in [0.25, 0.3) is 0 Å². The van der Waals surface area contributed by atoms with Gasteiger partial charge in [-0.1, -0.05) is 18.2 Å². The molecule has 27 heavy (non-hydrogen) atoms. The van der Waals surface area contributed by atoms with Gasteiger partial charge in [0.1, 0.15) is 5.52 Å². The minimum atomic E-state index is -0.0378. The van der Waals surface area contributed by atoms with Crippen molar-refractivity contribution in [2.45, 2.75) is 19.4 Å².